The molecule has 0 aromatic heterocycles. The quantitative estimate of drug-likeness (QED) is 0.307. The molecule has 2 saturated carbocycles. The number of ketones is 2. The predicted octanol–water partition coefficient (Wildman–Crippen LogP) is 6.51. The van der Waals surface area contributed by atoms with E-state index in [-0.39, 0.29) is 47.7 Å². The van der Waals surface area contributed by atoms with E-state index in [1.165, 1.54) is 0 Å². The summed E-state index contributed by atoms with van der Waals surface area (Å²) in [4.78, 5) is 26.1. The lowest BCUT2D eigenvalue weighted by Gasteiger charge is -2.31. The van der Waals surface area contributed by atoms with Gasteiger partial charge in [0, 0.05) is 36.9 Å². The molecule has 192 valence electrons. The molecule has 4 atom stereocenters. The second-order valence-electron chi connectivity index (χ2n) is 12.8. The standard InChI is InChI=1S/C29H52O4/c1-28(2,20-30)18-8-16-24-14-6-12-22(26(24)32)10-5-11-23-13-7-15-25(27(23)33)17-9-19-29(3,4)21-31/h22-25,30-31H,5-21H2,1-4H3. The summed E-state index contributed by atoms with van der Waals surface area (Å²) in [6.45, 7) is 8.76. The highest BCUT2D eigenvalue weighted by Gasteiger charge is 2.33. The summed E-state index contributed by atoms with van der Waals surface area (Å²) in [6, 6.07) is 0. The fraction of sp³-hybridized carbons (Fsp3) is 0.931. The zero-order valence-corrected chi connectivity index (χ0v) is 22.0. The van der Waals surface area contributed by atoms with Crippen LogP contribution in [0.25, 0.3) is 0 Å². The molecule has 4 nitrogen and oxygen atoms in total. The Hall–Kier alpha value is -0.740. The van der Waals surface area contributed by atoms with Crippen molar-refractivity contribution in [2.24, 2.45) is 34.5 Å². The van der Waals surface area contributed by atoms with Gasteiger partial charge in [-0.2, -0.15) is 0 Å². The zero-order chi connectivity index (χ0) is 24.5. The second kappa shape index (κ2) is 13.4. The van der Waals surface area contributed by atoms with E-state index >= 15 is 0 Å². The highest BCUT2D eigenvalue weighted by atomic mass is 16.3. The molecule has 2 N–H and O–H groups in total. The molecule has 33 heavy (non-hydrogen) atoms. The molecule has 2 aliphatic carbocycles. The Morgan fingerprint density at radius 1 is 0.606 bits per heavy atom. The molecule has 2 fully saturated rings. The molecule has 0 spiro atoms. The Kier molecular flexibility index (Phi) is 11.6. The Bertz CT molecular complexity index is 557. The van der Waals surface area contributed by atoms with E-state index in [1.54, 1.807) is 0 Å². The van der Waals surface area contributed by atoms with Crippen molar-refractivity contribution in [2.75, 3.05) is 13.2 Å². The van der Waals surface area contributed by atoms with Crippen molar-refractivity contribution in [1.82, 2.24) is 0 Å². The molecular formula is C29H52O4. The van der Waals surface area contributed by atoms with Crippen molar-refractivity contribution >= 4 is 11.6 Å². The summed E-state index contributed by atoms with van der Waals surface area (Å²) in [5, 5.41) is 18.9. The Morgan fingerprint density at radius 2 is 0.909 bits per heavy atom. The first-order valence-electron chi connectivity index (χ1n) is 13.9. The minimum Gasteiger partial charge on any atom is -0.396 e. The van der Waals surface area contributed by atoms with Gasteiger partial charge >= 0.3 is 0 Å². The fourth-order valence-corrected chi connectivity index (χ4v) is 6.03. The van der Waals surface area contributed by atoms with E-state index in [1.807, 2.05) is 0 Å². The van der Waals surface area contributed by atoms with Crippen LogP contribution in [0, 0.1) is 34.5 Å². The van der Waals surface area contributed by atoms with E-state index in [0.717, 1.165) is 96.3 Å². The number of hydrogen-bond donors (Lipinski definition) is 2. The highest BCUT2D eigenvalue weighted by molar-refractivity contribution is 5.84. The Morgan fingerprint density at radius 3 is 1.21 bits per heavy atom. The number of carbonyl (C=O) groups is 2. The molecule has 0 aromatic rings. The lowest BCUT2D eigenvalue weighted by atomic mass is 9.73. The van der Waals surface area contributed by atoms with Crippen LogP contribution in [-0.2, 0) is 9.59 Å². The first kappa shape index (κ1) is 28.5. The first-order chi connectivity index (χ1) is 15.6. The van der Waals surface area contributed by atoms with E-state index < -0.39 is 0 Å². The van der Waals surface area contributed by atoms with Crippen molar-refractivity contribution in [3.05, 3.63) is 0 Å². The van der Waals surface area contributed by atoms with Crippen molar-refractivity contribution in [1.29, 1.82) is 0 Å². The van der Waals surface area contributed by atoms with Gasteiger partial charge in [-0.3, -0.25) is 9.59 Å². The van der Waals surface area contributed by atoms with Crippen LogP contribution < -0.4 is 0 Å². The first-order valence-corrected chi connectivity index (χ1v) is 13.9. The SMILES string of the molecule is CC(C)(CO)CCCC1CCCC(CCCC2CCCC(CCCC(C)(C)CO)C2=O)C1=O. The molecule has 0 amide bonds. The number of aliphatic hydroxyl groups is 2. The third-order valence-corrected chi connectivity index (χ3v) is 8.59. The lowest BCUT2D eigenvalue weighted by Crippen LogP contribution is -2.30. The number of carbonyl (C=O) groups excluding carboxylic acids is 2. The van der Waals surface area contributed by atoms with E-state index in [9.17, 15) is 19.8 Å². The molecule has 0 aliphatic heterocycles. The van der Waals surface area contributed by atoms with Crippen LogP contribution in [0.1, 0.15) is 124 Å². The van der Waals surface area contributed by atoms with Crippen LogP contribution in [0.2, 0.25) is 0 Å². The molecule has 2 aliphatic rings. The summed E-state index contributed by atoms with van der Waals surface area (Å²) in [6.07, 6.45) is 15.2. The van der Waals surface area contributed by atoms with Crippen molar-refractivity contribution in [2.45, 2.75) is 124 Å². The summed E-state index contributed by atoms with van der Waals surface area (Å²) in [5.41, 5.74) is -0.0902. The smallest absolute Gasteiger partial charge is 0.139 e. The second-order valence-corrected chi connectivity index (χ2v) is 12.8. The third kappa shape index (κ3) is 9.43. The average Bonchev–Trinajstić information content (AvgIpc) is 2.78. The third-order valence-electron chi connectivity index (χ3n) is 8.59. The van der Waals surface area contributed by atoms with Crippen molar-refractivity contribution < 1.29 is 19.8 Å². The maximum absolute atomic E-state index is 13.0. The van der Waals surface area contributed by atoms with Crippen LogP contribution in [0.4, 0.5) is 0 Å². The van der Waals surface area contributed by atoms with Gasteiger partial charge in [0.05, 0.1) is 0 Å². The van der Waals surface area contributed by atoms with Gasteiger partial charge in [0.2, 0.25) is 0 Å². The molecule has 0 heterocycles. The van der Waals surface area contributed by atoms with E-state index in [2.05, 4.69) is 27.7 Å². The number of aliphatic hydroxyl groups excluding tert-OH is 2. The fourth-order valence-electron chi connectivity index (χ4n) is 6.03. The summed E-state index contributed by atoms with van der Waals surface area (Å²) in [5.74, 6) is 1.77. The lowest BCUT2D eigenvalue weighted by molar-refractivity contribution is -0.130. The van der Waals surface area contributed by atoms with Gasteiger partial charge < -0.3 is 10.2 Å². The maximum Gasteiger partial charge on any atom is 0.139 e. The van der Waals surface area contributed by atoms with Gasteiger partial charge in [-0.05, 0) is 75.0 Å². The molecule has 0 bridgehead atoms. The van der Waals surface area contributed by atoms with Crippen molar-refractivity contribution in [3.63, 3.8) is 0 Å². The van der Waals surface area contributed by atoms with Crippen LogP contribution in [0.3, 0.4) is 0 Å². The minimum absolute atomic E-state index is 0.0451. The summed E-state index contributed by atoms with van der Waals surface area (Å²) in [7, 11) is 0. The van der Waals surface area contributed by atoms with Crippen LogP contribution >= 0.6 is 0 Å². The largest absolute Gasteiger partial charge is 0.396 e. The minimum atomic E-state index is -0.0451. The molecule has 2 rings (SSSR count). The molecule has 4 unspecified atom stereocenters. The van der Waals surface area contributed by atoms with E-state index in [0.29, 0.717) is 11.6 Å². The summed E-state index contributed by atoms with van der Waals surface area (Å²) >= 11 is 0. The van der Waals surface area contributed by atoms with Crippen molar-refractivity contribution in [3.8, 4) is 0 Å². The van der Waals surface area contributed by atoms with Gasteiger partial charge in [-0.1, -0.05) is 59.8 Å². The normalized spacial score (nSPS) is 27.2. The number of Topliss-reactive ketones (excluding diaryl/α,β-unsaturated/α-hetero) is 2. The van der Waals surface area contributed by atoms with Crippen LogP contribution in [0.15, 0.2) is 0 Å². The monoisotopic (exact) mass is 464 g/mol. The molecular weight excluding hydrogens is 412 g/mol. The van der Waals surface area contributed by atoms with E-state index in [4.69, 9.17) is 0 Å². The predicted molar refractivity (Wildman–Crippen MR) is 135 cm³/mol. The highest BCUT2D eigenvalue weighted by Crippen LogP contribution is 2.36. The van der Waals surface area contributed by atoms with Gasteiger partial charge in [-0.15, -0.1) is 0 Å². The molecule has 0 radical (unpaired) electrons. The molecule has 0 aromatic carbocycles. The molecule has 4 heteroatoms. The zero-order valence-electron chi connectivity index (χ0n) is 22.0. The average molecular weight is 465 g/mol. The van der Waals surface area contributed by atoms with Gasteiger partial charge in [0.15, 0.2) is 0 Å². The number of hydrogen-bond acceptors (Lipinski definition) is 4. The summed E-state index contributed by atoms with van der Waals surface area (Å²) < 4.78 is 0. The maximum atomic E-state index is 13.0. The van der Waals surface area contributed by atoms with Crippen LogP contribution in [0.5, 0.6) is 0 Å². The van der Waals surface area contributed by atoms with Gasteiger partial charge in [0.25, 0.3) is 0 Å². The number of rotatable bonds is 14. The molecule has 0 saturated heterocycles. The topological polar surface area (TPSA) is 74.6 Å². The van der Waals surface area contributed by atoms with Gasteiger partial charge in [-0.25, -0.2) is 0 Å². The van der Waals surface area contributed by atoms with Gasteiger partial charge in [0.1, 0.15) is 11.6 Å². The van der Waals surface area contributed by atoms with Crippen LogP contribution in [-0.4, -0.2) is 35.0 Å². The Balaban J connectivity index is 1.72. The Labute approximate surface area is 203 Å².